The molecule has 0 unspecified atom stereocenters. The quantitative estimate of drug-likeness (QED) is 0.790. The van der Waals surface area contributed by atoms with Crippen LogP contribution in [-0.2, 0) is 9.53 Å². The summed E-state index contributed by atoms with van der Waals surface area (Å²) in [6, 6.07) is 7.57. The summed E-state index contributed by atoms with van der Waals surface area (Å²) in [6.07, 6.45) is 1.79. The van der Waals surface area contributed by atoms with Crippen LogP contribution in [0.4, 0.5) is 0 Å². The minimum Gasteiger partial charge on any atom is -0.485 e. The molecule has 17 heavy (non-hydrogen) atoms. The Morgan fingerprint density at radius 2 is 2.12 bits per heavy atom. The highest BCUT2D eigenvalue weighted by Gasteiger charge is 2.26. The maximum atomic E-state index is 11.6. The number of esters is 1. The molecule has 0 atom stereocenters. The van der Waals surface area contributed by atoms with E-state index in [0.717, 1.165) is 11.3 Å². The Morgan fingerprint density at radius 3 is 2.82 bits per heavy atom. The van der Waals surface area contributed by atoms with E-state index in [4.69, 9.17) is 15.2 Å². The molecule has 0 radical (unpaired) electrons. The van der Waals surface area contributed by atoms with Crippen LogP contribution < -0.4 is 10.5 Å². The molecule has 0 saturated carbocycles. The van der Waals surface area contributed by atoms with Crippen molar-refractivity contribution in [1.82, 2.24) is 0 Å². The number of fused-ring (bicyclic) bond motifs is 1. The number of carbonyl (C=O) groups excluding carboxylic acids is 1. The highest BCUT2D eigenvalue weighted by atomic mass is 16.6. The lowest BCUT2D eigenvalue weighted by Crippen LogP contribution is -2.43. The highest BCUT2D eigenvalue weighted by Crippen LogP contribution is 2.26. The van der Waals surface area contributed by atoms with E-state index in [-0.39, 0.29) is 6.61 Å². The lowest BCUT2D eigenvalue weighted by molar-refractivity contribution is -0.145. The molecule has 0 saturated heterocycles. The lowest BCUT2D eigenvalue weighted by Gasteiger charge is -2.21. The number of rotatable bonds is 2. The van der Waals surface area contributed by atoms with Crippen molar-refractivity contribution in [3.8, 4) is 5.75 Å². The summed E-state index contributed by atoms with van der Waals surface area (Å²) < 4.78 is 10.6. The lowest BCUT2D eigenvalue weighted by atomic mass is 10.1. The average Bonchev–Trinajstić information content (AvgIpc) is 2.27. The van der Waals surface area contributed by atoms with Gasteiger partial charge in [-0.05, 0) is 26.0 Å². The van der Waals surface area contributed by atoms with E-state index in [0.29, 0.717) is 5.76 Å². The molecule has 0 spiro atoms. The molecule has 1 aliphatic rings. The molecule has 90 valence electrons. The Bertz CT molecular complexity index is 472. The van der Waals surface area contributed by atoms with Crippen molar-refractivity contribution >= 4 is 12.0 Å². The topological polar surface area (TPSA) is 61.6 Å². The second-order valence-electron chi connectivity index (χ2n) is 4.55. The van der Waals surface area contributed by atoms with Crippen LogP contribution in [0.1, 0.15) is 19.4 Å². The van der Waals surface area contributed by atoms with E-state index in [1.807, 2.05) is 24.3 Å². The third-order valence-electron chi connectivity index (χ3n) is 2.36. The van der Waals surface area contributed by atoms with E-state index >= 15 is 0 Å². The monoisotopic (exact) mass is 233 g/mol. The van der Waals surface area contributed by atoms with Crippen molar-refractivity contribution < 1.29 is 14.3 Å². The van der Waals surface area contributed by atoms with E-state index in [9.17, 15) is 4.79 Å². The zero-order valence-corrected chi connectivity index (χ0v) is 9.90. The van der Waals surface area contributed by atoms with Crippen LogP contribution in [-0.4, -0.2) is 18.1 Å². The summed E-state index contributed by atoms with van der Waals surface area (Å²) in [6.45, 7) is 3.46. The first-order valence-electron chi connectivity index (χ1n) is 5.40. The van der Waals surface area contributed by atoms with Gasteiger partial charge in [-0.1, -0.05) is 18.2 Å². The summed E-state index contributed by atoms with van der Waals surface area (Å²) in [5.74, 6) is 0.804. The van der Waals surface area contributed by atoms with Gasteiger partial charge >= 0.3 is 5.97 Å². The number of nitrogens with two attached hydrogens (primary N) is 1. The molecule has 4 heteroatoms. The number of carbonyl (C=O) groups is 1. The molecule has 2 N–H and O–H groups in total. The van der Waals surface area contributed by atoms with Crippen LogP contribution in [0.2, 0.25) is 0 Å². The molecule has 0 bridgehead atoms. The Morgan fingerprint density at radius 1 is 1.41 bits per heavy atom. The smallest absolute Gasteiger partial charge is 0.330 e. The molecule has 1 heterocycles. The van der Waals surface area contributed by atoms with Crippen molar-refractivity contribution in [3.63, 3.8) is 0 Å². The molecule has 0 fully saturated rings. The molecule has 0 aromatic heterocycles. The molecule has 1 aromatic carbocycles. The van der Waals surface area contributed by atoms with Crippen molar-refractivity contribution in [3.05, 3.63) is 35.6 Å². The summed E-state index contributed by atoms with van der Waals surface area (Å²) in [5, 5.41) is 0. The fourth-order valence-corrected chi connectivity index (χ4v) is 1.40. The van der Waals surface area contributed by atoms with Gasteiger partial charge in [0, 0.05) is 5.56 Å². The van der Waals surface area contributed by atoms with Gasteiger partial charge in [-0.2, -0.15) is 0 Å². The van der Waals surface area contributed by atoms with Gasteiger partial charge in [-0.25, -0.2) is 4.79 Å². The van der Waals surface area contributed by atoms with Crippen molar-refractivity contribution in [1.29, 1.82) is 0 Å². The predicted octanol–water partition coefficient (Wildman–Crippen LogP) is 1.70. The first-order valence-corrected chi connectivity index (χ1v) is 5.40. The molecular weight excluding hydrogens is 218 g/mol. The SMILES string of the molecule is CC(C)(N)C(=O)OC1=Cc2ccccc2OC1. The Hall–Kier alpha value is -1.81. The minimum absolute atomic E-state index is 0.249. The maximum absolute atomic E-state index is 11.6. The molecule has 0 aliphatic carbocycles. The van der Waals surface area contributed by atoms with E-state index < -0.39 is 11.5 Å². The fourth-order valence-electron chi connectivity index (χ4n) is 1.40. The van der Waals surface area contributed by atoms with Gasteiger partial charge in [0.1, 0.15) is 23.7 Å². The van der Waals surface area contributed by atoms with Crippen molar-refractivity contribution in [2.24, 2.45) is 5.73 Å². The van der Waals surface area contributed by atoms with E-state index in [1.54, 1.807) is 19.9 Å². The first kappa shape index (κ1) is 11.7. The van der Waals surface area contributed by atoms with E-state index in [1.165, 1.54) is 0 Å². The van der Waals surface area contributed by atoms with Gasteiger partial charge in [0.05, 0.1) is 0 Å². The van der Waals surface area contributed by atoms with Crippen LogP contribution >= 0.6 is 0 Å². The predicted molar refractivity (Wildman–Crippen MR) is 64.3 cm³/mol. The number of hydrogen-bond donors (Lipinski definition) is 1. The zero-order chi connectivity index (χ0) is 12.5. The molecule has 0 amide bonds. The summed E-state index contributed by atoms with van der Waals surface area (Å²) >= 11 is 0. The van der Waals surface area contributed by atoms with Crippen LogP contribution in [0.3, 0.4) is 0 Å². The average molecular weight is 233 g/mol. The summed E-state index contributed by atoms with van der Waals surface area (Å²) in [7, 11) is 0. The first-order chi connectivity index (χ1) is 7.97. The Kier molecular flexibility index (Phi) is 2.90. The number of benzene rings is 1. The molecule has 1 aliphatic heterocycles. The Labute approximate surface area is 100 Å². The number of hydrogen-bond acceptors (Lipinski definition) is 4. The zero-order valence-electron chi connectivity index (χ0n) is 9.90. The van der Waals surface area contributed by atoms with Gasteiger partial charge in [-0.15, -0.1) is 0 Å². The van der Waals surface area contributed by atoms with Crippen molar-refractivity contribution in [2.45, 2.75) is 19.4 Å². The summed E-state index contributed by atoms with van der Waals surface area (Å²) in [4.78, 5) is 11.6. The fraction of sp³-hybridized carbons (Fsp3) is 0.308. The van der Waals surface area contributed by atoms with Gasteiger partial charge in [-0.3, -0.25) is 0 Å². The maximum Gasteiger partial charge on any atom is 0.330 e. The molecule has 2 rings (SSSR count). The third kappa shape index (κ3) is 2.65. The van der Waals surface area contributed by atoms with E-state index in [2.05, 4.69) is 0 Å². The number of para-hydroxylation sites is 1. The second kappa shape index (κ2) is 4.22. The van der Waals surface area contributed by atoms with Crippen LogP contribution in [0.5, 0.6) is 5.75 Å². The number of ether oxygens (including phenoxy) is 2. The van der Waals surface area contributed by atoms with Crippen LogP contribution in [0.25, 0.3) is 6.08 Å². The van der Waals surface area contributed by atoms with Crippen LogP contribution in [0, 0.1) is 0 Å². The molecular formula is C13H15NO3. The normalized spacial score (nSPS) is 14.4. The van der Waals surface area contributed by atoms with Gasteiger partial charge in [0.25, 0.3) is 0 Å². The minimum atomic E-state index is -1.00. The third-order valence-corrected chi connectivity index (χ3v) is 2.36. The second-order valence-corrected chi connectivity index (χ2v) is 4.55. The highest BCUT2D eigenvalue weighted by molar-refractivity contribution is 5.81. The van der Waals surface area contributed by atoms with Gasteiger partial charge < -0.3 is 15.2 Å². The standard InChI is InChI=1S/C13H15NO3/c1-13(2,14)12(15)17-10-7-9-5-3-4-6-11(9)16-8-10/h3-7H,8,14H2,1-2H3. The van der Waals surface area contributed by atoms with Gasteiger partial charge in [0.15, 0.2) is 0 Å². The molecule has 4 nitrogen and oxygen atoms in total. The summed E-state index contributed by atoms with van der Waals surface area (Å²) in [5.41, 5.74) is 5.55. The van der Waals surface area contributed by atoms with Crippen LogP contribution in [0.15, 0.2) is 30.0 Å². The molecule has 1 aromatic rings. The van der Waals surface area contributed by atoms with Gasteiger partial charge in [0.2, 0.25) is 0 Å². The van der Waals surface area contributed by atoms with Crippen molar-refractivity contribution in [2.75, 3.05) is 6.61 Å². The Balaban J connectivity index is 2.16. The largest absolute Gasteiger partial charge is 0.485 e.